The molecule has 4 rings (SSSR count). The number of nitrogens with one attached hydrogen (secondary N) is 1. The number of rotatable bonds is 12. The first-order valence-electron chi connectivity index (χ1n) is 12.1. The molecule has 0 radical (unpaired) electrons. The number of carbonyl (C=O) groups is 1. The van der Waals surface area contributed by atoms with E-state index in [9.17, 15) is 9.59 Å². The summed E-state index contributed by atoms with van der Waals surface area (Å²) in [6, 6.07) is 7.80. The fourth-order valence-corrected chi connectivity index (χ4v) is 4.94. The summed E-state index contributed by atoms with van der Waals surface area (Å²) in [7, 11) is 0. The molecule has 0 saturated heterocycles. The monoisotopic (exact) mass is 497 g/mol. The fraction of sp³-hybridized carbons (Fsp3) is 0.440. The summed E-state index contributed by atoms with van der Waals surface area (Å²) >= 11 is 1.42. The second-order valence-corrected chi connectivity index (χ2v) is 8.95. The summed E-state index contributed by atoms with van der Waals surface area (Å²) in [5.41, 5.74) is 1.86. The molecule has 1 aromatic carbocycles. The maximum absolute atomic E-state index is 12.7. The van der Waals surface area contributed by atoms with Crippen molar-refractivity contribution in [1.82, 2.24) is 24.5 Å². The zero-order valence-corrected chi connectivity index (χ0v) is 21.2. The molecule has 0 aliphatic heterocycles. The number of carbonyl (C=O) groups excluding carboxylic acids is 1. The van der Waals surface area contributed by atoms with Gasteiger partial charge in [-0.25, -0.2) is 0 Å². The molecular formula is C25H31N5O4S. The maximum Gasteiger partial charge on any atom is 0.272 e. The summed E-state index contributed by atoms with van der Waals surface area (Å²) in [6.45, 7) is 8.02. The molecule has 0 unspecified atom stereocenters. The van der Waals surface area contributed by atoms with Crippen molar-refractivity contribution < 1.29 is 14.3 Å². The molecule has 0 bridgehead atoms. The number of aryl methyl sites for hydroxylation is 2. The largest absolute Gasteiger partial charge is 0.490 e. The minimum absolute atomic E-state index is 0.000867. The van der Waals surface area contributed by atoms with Crippen molar-refractivity contribution in [3.8, 4) is 11.5 Å². The molecule has 0 saturated carbocycles. The summed E-state index contributed by atoms with van der Waals surface area (Å²) < 4.78 is 15.6. The van der Waals surface area contributed by atoms with Gasteiger partial charge in [-0.05, 0) is 62.8 Å². The van der Waals surface area contributed by atoms with E-state index in [0.29, 0.717) is 62.5 Å². The normalized spacial score (nSPS) is 11.3. The standard InChI is InChI=1S/C25H31N5O4S/c1-4-29-24(32)23-18(13-15-35-23)30-21(27-28-25(29)30)8-7-9-22(31)26-14-12-17-10-11-19(33-5-2)20(16-17)34-6-3/h10-11,13,15-16H,4-9,12,14H2,1-3H3,(H,26,31). The molecule has 10 heteroatoms. The number of benzene rings is 1. The molecule has 0 aliphatic rings. The number of hydrogen-bond acceptors (Lipinski definition) is 7. The highest BCUT2D eigenvalue weighted by Gasteiger charge is 2.16. The third kappa shape index (κ3) is 5.32. The first-order chi connectivity index (χ1) is 17.1. The molecule has 3 aromatic heterocycles. The third-order valence-corrected chi connectivity index (χ3v) is 6.63. The first-order valence-corrected chi connectivity index (χ1v) is 12.9. The molecule has 35 heavy (non-hydrogen) atoms. The molecule has 9 nitrogen and oxygen atoms in total. The van der Waals surface area contributed by atoms with Crippen LogP contribution in [0.3, 0.4) is 0 Å². The van der Waals surface area contributed by atoms with E-state index in [0.717, 1.165) is 28.4 Å². The Bertz CT molecular complexity index is 1370. The Morgan fingerprint density at radius 1 is 1.06 bits per heavy atom. The van der Waals surface area contributed by atoms with Crippen molar-refractivity contribution in [2.24, 2.45) is 0 Å². The number of amides is 1. The van der Waals surface area contributed by atoms with E-state index in [1.54, 1.807) is 4.57 Å². The summed E-state index contributed by atoms with van der Waals surface area (Å²) in [4.78, 5) is 25.1. The first kappa shape index (κ1) is 24.7. The molecule has 4 aromatic rings. The molecule has 186 valence electrons. The SMILES string of the molecule is CCOc1ccc(CCNC(=O)CCCc2nnc3n(CC)c(=O)c4sccc4n23)cc1OCC. The summed E-state index contributed by atoms with van der Waals surface area (Å²) in [5.74, 6) is 2.77. The van der Waals surface area contributed by atoms with Crippen LogP contribution in [-0.4, -0.2) is 44.8 Å². The van der Waals surface area contributed by atoms with Crippen molar-refractivity contribution in [2.75, 3.05) is 19.8 Å². The topological polar surface area (TPSA) is 99.7 Å². The van der Waals surface area contributed by atoms with Crippen LogP contribution in [-0.2, 0) is 24.2 Å². The predicted molar refractivity (Wildman–Crippen MR) is 137 cm³/mol. The predicted octanol–water partition coefficient (Wildman–Crippen LogP) is 3.60. The van der Waals surface area contributed by atoms with Crippen molar-refractivity contribution in [2.45, 2.75) is 53.0 Å². The van der Waals surface area contributed by atoms with Gasteiger partial charge in [0, 0.05) is 25.9 Å². The van der Waals surface area contributed by atoms with Crippen LogP contribution in [0.1, 0.15) is 45.0 Å². The molecule has 0 spiro atoms. The number of aromatic nitrogens is 4. The minimum Gasteiger partial charge on any atom is -0.490 e. The third-order valence-electron chi connectivity index (χ3n) is 5.74. The van der Waals surface area contributed by atoms with Gasteiger partial charge in [-0.2, -0.15) is 0 Å². The minimum atomic E-state index is -0.0377. The lowest BCUT2D eigenvalue weighted by molar-refractivity contribution is -0.121. The van der Waals surface area contributed by atoms with Crippen molar-refractivity contribution >= 4 is 33.2 Å². The maximum atomic E-state index is 12.7. The smallest absolute Gasteiger partial charge is 0.272 e. The highest BCUT2D eigenvalue weighted by Crippen LogP contribution is 2.28. The van der Waals surface area contributed by atoms with Gasteiger partial charge in [-0.15, -0.1) is 21.5 Å². The Kier molecular flexibility index (Phi) is 8.02. The van der Waals surface area contributed by atoms with Crippen LogP contribution >= 0.6 is 11.3 Å². The van der Waals surface area contributed by atoms with Crippen molar-refractivity contribution in [3.05, 3.63) is 51.4 Å². The van der Waals surface area contributed by atoms with Crippen LogP contribution in [0, 0.1) is 0 Å². The second-order valence-electron chi connectivity index (χ2n) is 8.04. The van der Waals surface area contributed by atoms with E-state index in [4.69, 9.17) is 9.47 Å². The van der Waals surface area contributed by atoms with Gasteiger partial charge in [0.15, 0.2) is 11.5 Å². The van der Waals surface area contributed by atoms with E-state index in [1.165, 1.54) is 11.3 Å². The lowest BCUT2D eigenvalue weighted by atomic mass is 10.1. The Labute approximate surface area is 207 Å². The van der Waals surface area contributed by atoms with Gasteiger partial charge in [-0.1, -0.05) is 6.07 Å². The number of ether oxygens (including phenoxy) is 2. The van der Waals surface area contributed by atoms with Gasteiger partial charge >= 0.3 is 0 Å². The average molecular weight is 498 g/mol. The Hall–Kier alpha value is -3.40. The number of fused-ring (bicyclic) bond motifs is 3. The van der Waals surface area contributed by atoms with E-state index in [1.807, 2.05) is 54.8 Å². The quantitative estimate of drug-likeness (QED) is 0.321. The van der Waals surface area contributed by atoms with Gasteiger partial charge in [0.25, 0.3) is 5.56 Å². The summed E-state index contributed by atoms with van der Waals surface area (Å²) in [6.07, 6.45) is 2.33. The molecule has 3 heterocycles. The van der Waals surface area contributed by atoms with Gasteiger partial charge in [0.05, 0.1) is 18.7 Å². The zero-order valence-electron chi connectivity index (χ0n) is 20.4. The van der Waals surface area contributed by atoms with E-state index < -0.39 is 0 Å². The van der Waals surface area contributed by atoms with Gasteiger partial charge < -0.3 is 14.8 Å². The van der Waals surface area contributed by atoms with Crippen LogP contribution in [0.25, 0.3) is 16.0 Å². The Morgan fingerprint density at radius 2 is 1.86 bits per heavy atom. The lowest BCUT2D eigenvalue weighted by Crippen LogP contribution is -2.25. The molecule has 0 atom stereocenters. The van der Waals surface area contributed by atoms with E-state index in [-0.39, 0.29) is 11.5 Å². The van der Waals surface area contributed by atoms with Crippen LogP contribution in [0.4, 0.5) is 0 Å². The van der Waals surface area contributed by atoms with Crippen LogP contribution in [0.5, 0.6) is 11.5 Å². The Morgan fingerprint density at radius 3 is 2.63 bits per heavy atom. The summed E-state index contributed by atoms with van der Waals surface area (Å²) in [5, 5.41) is 13.5. The van der Waals surface area contributed by atoms with Crippen LogP contribution in [0.15, 0.2) is 34.4 Å². The number of hydrogen-bond donors (Lipinski definition) is 1. The molecular weight excluding hydrogens is 466 g/mol. The van der Waals surface area contributed by atoms with E-state index in [2.05, 4.69) is 15.5 Å². The average Bonchev–Trinajstić information content (AvgIpc) is 3.49. The fourth-order valence-electron chi connectivity index (χ4n) is 4.12. The van der Waals surface area contributed by atoms with E-state index >= 15 is 0 Å². The number of thiophene rings is 1. The van der Waals surface area contributed by atoms with Crippen LogP contribution < -0.4 is 20.3 Å². The second kappa shape index (κ2) is 11.4. The zero-order chi connectivity index (χ0) is 24.8. The molecule has 1 amide bonds. The van der Waals surface area contributed by atoms with Crippen molar-refractivity contribution in [1.29, 1.82) is 0 Å². The Balaban J connectivity index is 1.32. The van der Waals surface area contributed by atoms with Crippen LogP contribution in [0.2, 0.25) is 0 Å². The molecule has 1 N–H and O–H groups in total. The van der Waals surface area contributed by atoms with Gasteiger partial charge in [-0.3, -0.25) is 18.6 Å². The molecule has 0 fully saturated rings. The van der Waals surface area contributed by atoms with Gasteiger partial charge in [0.1, 0.15) is 10.5 Å². The highest BCUT2D eigenvalue weighted by atomic mass is 32.1. The molecule has 0 aliphatic carbocycles. The number of nitrogens with zero attached hydrogens (tertiary/aromatic N) is 4. The highest BCUT2D eigenvalue weighted by molar-refractivity contribution is 7.17. The lowest BCUT2D eigenvalue weighted by Gasteiger charge is -2.12. The van der Waals surface area contributed by atoms with Gasteiger partial charge in [0.2, 0.25) is 11.7 Å². The van der Waals surface area contributed by atoms with Crippen molar-refractivity contribution in [3.63, 3.8) is 0 Å².